The van der Waals surface area contributed by atoms with Gasteiger partial charge in [-0.1, -0.05) is 15.9 Å². The number of methoxy groups -OCH3 is 1. The van der Waals surface area contributed by atoms with Crippen LogP contribution in [0.4, 0.5) is 0 Å². The maximum absolute atomic E-state index is 11.2. The first kappa shape index (κ1) is 13.4. The lowest BCUT2D eigenvalue weighted by Gasteiger charge is -2.09. The van der Waals surface area contributed by atoms with Crippen molar-refractivity contribution in [2.75, 3.05) is 26.7 Å². The van der Waals surface area contributed by atoms with E-state index in [0.717, 1.165) is 12.8 Å². The summed E-state index contributed by atoms with van der Waals surface area (Å²) in [6.45, 7) is 1.74. The van der Waals surface area contributed by atoms with Gasteiger partial charge in [0.15, 0.2) is 0 Å². The maximum Gasteiger partial charge on any atom is 0.320 e. The molecule has 1 aliphatic rings. The molecule has 0 bridgehead atoms. The van der Waals surface area contributed by atoms with Crippen molar-refractivity contribution in [1.29, 1.82) is 0 Å². The molecule has 0 heterocycles. The molecule has 1 atom stereocenters. The summed E-state index contributed by atoms with van der Waals surface area (Å²) in [5.41, 5.74) is 0. The van der Waals surface area contributed by atoms with Crippen molar-refractivity contribution >= 4 is 27.8 Å². The van der Waals surface area contributed by atoms with E-state index < -0.39 is 0 Å². The highest BCUT2D eigenvalue weighted by Crippen LogP contribution is 2.28. The Bertz CT molecular complexity index is 256. The van der Waals surface area contributed by atoms with Gasteiger partial charge in [0, 0.05) is 25.6 Å². The topological polar surface area (TPSA) is 67.4 Å². The molecule has 0 aliphatic heterocycles. The summed E-state index contributed by atoms with van der Waals surface area (Å²) in [5, 5.41) is 5.88. The van der Waals surface area contributed by atoms with Gasteiger partial charge < -0.3 is 15.4 Å². The van der Waals surface area contributed by atoms with Crippen molar-refractivity contribution < 1.29 is 14.3 Å². The minimum atomic E-state index is -0.336. The van der Waals surface area contributed by atoms with E-state index in [0.29, 0.717) is 19.6 Å². The van der Waals surface area contributed by atoms with Crippen LogP contribution in [-0.4, -0.2) is 43.4 Å². The van der Waals surface area contributed by atoms with E-state index >= 15 is 0 Å². The number of amides is 1. The summed E-state index contributed by atoms with van der Waals surface area (Å²) in [4.78, 5) is 21.9. The largest absolute Gasteiger partial charge is 0.468 e. The van der Waals surface area contributed by atoms with Gasteiger partial charge in [-0.05, 0) is 12.8 Å². The van der Waals surface area contributed by atoms with E-state index in [4.69, 9.17) is 0 Å². The van der Waals surface area contributed by atoms with E-state index in [1.54, 1.807) is 0 Å². The van der Waals surface area contributed by atoms with Crippen LogP contribution in [0, 0.1) is 5.92 Å². The second-order valence-electron chi connectivity index (χ2n) is 3.76. The quantitative estimate of drug-likeness (QED) is 0.395. The van der Waals surface area contributed by atoms with Gasteiger partial charge in [0.1, 0.15) is 4.83 Å². The molecule has 1 aliphatic carbocycles. The smallest absolute Gasteiger partial charge is 0.320 e. The van der Waals surface area contributed by atoms with Gasteiger partial charge >= 0.3 is 5.97 Å². The molecule has 0 saturated heterocycles. The molecule has 1 unspecified atom stereocenters. The molecule has 1 rings (SSSR count). The molecule has 6 heteroatoms. The minimum absolute atomic E-state index is 0.144. The second kappa shape index (κ2) is 6.85. The second-order valence-corrected chi connectivity index (χ2v) is 4.87. The summed E-state index contributed by atoms with van der Waals surface area (Å²) in [6, 6.07) is 0. The van der Waals surface area contributed by atoms with Crippen molar-refractivity contribution in [1.82, 2.24) is 10.6 Å². The van der Waals surface area contributed by atoms with Gasteiger partial charge in [0.05, 0.1) is 7.11 Å². The number of carbonyl (C=O) groups is 2. The number of alkyl halides is 1. The first-order valence-corrected chi connectivity index (χ1v) is 6.27. The lowest BCUT2D eigenvalue weighted by atomic mass is 10.4. The van der Waals surface area contributed by atoms with E-state index in [9.17, 15) is 9.59 Å². The van der Waals surface area contributed by atoms with Gasteiger partial charge in [0.2, 0.25) is 5.91 Å². The average molecular weight is 293 g/mol. The fourth-order valence-electron chi connectivity index (χ4n) is 1.20. The number of ether oxygens (including phenoxy) is 1. The van der Waals surface area contributed by atoms with Gasteiger partial charge in [0.25, 0.3) is 0 Å². The molecule has 92 valence electrons. The van der Waals surface area contributed by atoms with E-state index in [1.807, 2.05) is 0 Å². The zero-order valence-electron chi connectivity index (χ0n) is 9.29. The van der Waals surface area contributed by atoms with Crippen LogP contribution in [0.15, 0.2) is 0 Å². The van der Waals surface area contributed by atoms with Crippen molar-refractivity contribution in [3.63, 3.8) is 0 Å². The molecule has 0 aromatic heterocycles. The Balaban J connectivity index is 1.94. The van der Waals surface area contributed by atoms with Crippen molar-refractivity contribution in [2.45, 2.75) is 17.7 Å². The fourth-order valence-corrected chi connectivity index (χ4v) is 1.62. The molecule has 1 fully saturated rings. The highest BCUT2D eigenvalue weighted by molar-refractivity contribution is 9.10. The van der Waals surface area contributed by atoms with Crippen LogP contribution in [0.3, 0.4) is 0 Å². The highest BCUT2D eigenvalue weighted by Gasteiger charge is 2.28. The number of rotatable bonds is 7. The van der Waals surface area contributed by atoms with Crippen LogP contribution in [0.2, 0.25) is 0 Å². The summed E-state index contributed by atoms with van der Waals surface area (Å²) < 4.78 is 4.55. The summed E-state index contributed by atoms with van der Waals surface area (Å²) in [6.07, 6.45) is 2.04. The number of esters is 1. The molecule has 16 heavy (non-hydrogen) atoms. The molecule has 0 aromatic rings. The highest BCUT2D eigenvalue weighted by atomic mass is 79.9. The Labute approximate surface area is 103 Å². The van der Waals surface area contributed by atoms with Crippen LogP contribution in [0.1, 0.15) is 12.8 Å². The van der Waals surface area contributed by atoms with E-state index in [1.165, 1.54) is 7.11 Å². The molecule has 0 aromatic carbocycles. The van der Waals surface area contributed by atoms with Gasteiger partial charge in [-0.3, -0.25) is 9.59 Å². The monoisotopic (exact) mass is 292 g/mol. The summed E-state index contributed by atoms with van der Waals surface area (Å²) >= 11 is 3.19. The summed E-state index contributed by atoms with van der Waals surface area (Å²) in [5.74, 6) is 0.0960. The van der Waals surface area contributed by atoms with Crippen molar-refractivity contribution in [2.24, 2.45) is 5.92 Å². The number of hydrogen-bond donors (Lipinski definition) is 2. The maximum atomic E-state index is 11.2. The molecule has 2 N–H and O–H groups in total. The Morgan fingerprint density at radius 1 is 1.44 bits per heavy atom. The van der Waals surface area contributed by atoms with E-state index in [2.05, 4.69) is 31.3 Å². The van der Waals surface area contributed by atoms with Crippen LogP contribution < -0.4 is 10.6 Å². The summed E-state index contributed by atoms with van der Waals surface area (Å²) in [7, 11) is 1.35. The van der Waals surface area contributed by atoms with Crippen molar-refractivity contribution in [3.05, 3.63) is 0 Å². The SMILES string of the molecule is COC(=O)C(Br)CNCCNC(=O)C1CC1. The van der Waals surface area contributed by atoms with Gasteiger partial charge in [-0.25, -0.2) is 0 Å². The standard InChI is InChI=1S/C10H17BrN2O3/c1-16-10(15)8(11)6-12-4-5-13-9(14)7-2-3-7/h7-8,12H,2-6H2,1H3,(H,13,14). The zero-order valence-corrected chi connectivity index (χ0v) is 10.9. The fraction of sp³-hybridized carbons (Fsp3) is 0.800. The lowest BCUT2D eigenvalue weighted by Crippen LogP contribution is -2.36. The van der Waals surface area contributed by atoms with Gasteiger partial charge in [-0.2, -0.15) is 0 Å². The number of nitrogens with one attached hydrogen (secondary N) is 2. The molecular weight excluding hydrogens is 276 g/mol. The molecule has 5 nitrogen and oxygen atoms in total. The van der Waals surface area contributed by atoms with Crippen LogP contribution in [-0.2, 0) is 14.3 Å². The number of halogens is 1. The molecular formula is C10H17BrN2O3. The predicted octanol–water partition coefficient (Wildman–Crippen LogP) is 0.0387. The Hall–Kier alpha value is -0.620. The van der Waals surface area contributed by atoms with Gasteiger partial charge in [-0.15, -0.1) is 0 Å². The van der Waals surface area contributed by atoms with Crippen molar-refractivity contribution in [3.8, 4) is 0 Å². The lowest BCUT2D eigenvalue weighted by molar-refractivity contribution is -0.139. The molecule has 1 saturated carbocycles. The normalized spacial score (nSPS) is 16.6. The minimum Gasteiger partial charge on any atom is -0.468 e. The number of carbonyl (C=O) groups excluding carboxylic acids is 2. The van der Waals surface area contributed by atoms with Crippen LogP contribution in [0.5, 0.6) is 0 Å². The first-order chi connectivity index (χ1) is 7.65. The third kappa shape index (κ3) is 4.94. The molecule has 1 amide bonds. The first-order valence-electron chi connectivity index (χ1n) is 5.35. The van der Waals surface area contributed by atoms with Crippen LogP contribution >= 0.6 is 15.9 Å². The van der Waals surface area contributed by atoms with E-state index in [-0.39, 0.29) is 22.6 Å². The third-order valence-electron chi connectivity index (χ3n) is 2.33. The molecule has 0 radical (unpaired) electrons. The Morgan fingerprint density at radius 2 is 2.12 bits per heavy atom. The van der Waals surface area contributed by atoms with Crippen LogP contribution in [0.25, 0.3) is 0 Å². The Morgan fingerprint density at radius 3 is 2.69 bits per heavy atom. The number of hydrogen-bond acceptors (Lipinski definition) is 4. The molecule has 0 spiro atoms. The zero-order chi connectivity index (χ0) is 12.0. The third-order valence-corrected chi connectivity index (χ3v) is 3.03. The average Bonchev–Trinajstić information content (AvgIpc) is 3.10. The predicted molar refractivity (Wildman–Crippen MR) is 63.3 cm³/mol. The Kier molecular flexibility index (Phi) is 5.76.